The fraction of sp³-hybridized carbons (Fsp3) is 0.526. The van der Waals surface area contributed by atoms with E-state index in [1.807, 2.05) is 0 Å². The summed E-state index contributed by atoms with van der Waals surface area (Å²) in [5, 5.41) is 8.59. The van der Waals surface area contributed by atoms with Crippen LogP contribution in [0.4, 0.5) is 5.82 Å². The zero-order chi connectivity index (χ0) is 15.8. The third-order valence-corrected chi connectivity index (χ3v) is 5.38. The number of aromatic nitrogens is 2. The minimum atomic E-state index is 0.623. The maximum Gasteiger partial charge on any atom is 0.133 e. The Labute approximate surface area is 138 Å². The molecule has 0 aliphatic carbocycles. The highest BCUT2D eigenvalue weighted by atomic mass is 15.3. The van der Waals surface area contributed by atoms with E-state index in [2.05, 4.69) is 53.0 Å². The van der Waals surface area contributed by atoms with Crippen LogP contribution in [0.1, 0.15) is 42.5 Å². The van der Waals surface area contributed by atoms with Gasteiger partial charge in [0.15, 0.2) is 0 Å². The molecule has 0 saturated carbocycles. The van der Waals surface area contributed by atoms with Gasteiger partial charge in [-0.15, -0.1) is 0 Å². The van der Waals surface area contributed by atoms with Gasteiger partial charge in [0.2, 0.25) is 0 Å². The van der Waals surface area contributed by atoms with Crippen LogP contribution in [-0.4, -0.2) is 40.9 Å². The number of benzene rings is 1. The maximum atomic E-state index is 5.04. The SMILES string of the molecule is CCN1CCC(c2nn(-c3ccc(C)cc3)c3c2CCN3)CC1. The summed E-state index contributed by atoms with van der Waals surface area (Å²) >= 11 is 0. The molecule has 0 bridgehead atoms. The third kappa shape index (κ3) is 2.65. The van der Waals surface area contributed by atoms with Crippen molar-refractivity contribution >= 4 is 5.82 Å². The van der Waals surface area contributed by atoms with Crippen molar-refractivity contribution in [2.75, 3.05) is 31.5 Å². The second kappa shape index (κ2) is 6.00. The van der Waals surface area contributed by atoms with E-state index in [0.29, 0.717) is 5.92 Å². The molecule has 0 unspecified atom stereocenters. The molecule has 2 aliphatic rings. The highest BCUT2D eigenvalue weighted by Crippen LogP contribution is 2.36. The number of anilines is 1. The monoisotopic (exact) mass is 310 g/mol. The fourth-order valence-corrected chi connectivity index (χ4v) is 3.92. The summed E-state index contributed by atoms with van der Waals surface area (Å²) in [5.41, 5.74) is 5.26. The van der Waals surface area contributed by atoms with Crippen LogP contribution in [0.5, 0.6) is 0 Å². The predicted octanol–water partition coefficient (Wildman–Crippen LogP) is 3.35. The quantitative estimate of drug-likeness (QED) is 0.944. The van der Waals surface area contributed by atoms with E-state index < -0.39 is 0 Å². The van der Waals surface area contributed by atoms with Crippen LogP contribution in [0.25, 0.3) is 5.69 Å². The lowest BCUT2D eigenvalue weighted by Gasteiger charge is -2.30. The number of piperidine rings is 1. The molecule has 3 heterocycles. The molecule has 1 aromatic carbocycles. The second-order valence-electron chi connectivity index (χ2n) is 6.85. The average molecular weight is 310 g/mol. The first-order valence-electron chi connectivity index (χ1n) is 8.91. The minimum Gasteiger partial charge on any atom is -0.369 e. The van der Waals surface area contributed by atoms with Crippen LogP contribution < -0.4 is 5.32 Å². The summed E-state index contributed by atoms with van der Waals surface area (Å²) in [6.07, 6.45) is 3.60. The average Bonchev–Trinajstić information content (AvgIpc) is 3.18. The number of nitrogens with one attached hydrogen (secondary N) is 1. The molecule has 1 saturated heterocycles. The predicted molar refractivity (Wildman–Crippen MR) is 94.6 cm³/mol. The van der Waals surface area contributed by atoms with Gasteiger partial charge in [-0.25, -0.2) is 4.68 Å². The largest absolute Gasteiger partial charge is 0.369 e. The lowest BCUT2D eigenvalue weighted by Crippen LogP contribution is -2.33. The summed E-state index contributed by atoms with van der Waals surface area (Å²) < 4.78 is 2.13. The van der Waals surface area contributed by atoms with Gasteiger partial charge in [0.1, 0.15) is 5.82 Å². The van der Waals surface area contributed by atoms with E-state index >= 15 is 0 Å². The smallest absolute Gasteiger partial charge is 0.133 e. The lowest BCUT2D eigenvalue weighted by molar-refractivity contribution is 0.220. The van der Waals surface area contributed by atoms with Gasteiger partial charge in [0.05, 0.1) is 11.4 Å². The van der Waals surface area contributed by atoms with E-state index in [9.17, 15) is 0 Å². The number of rotatable bonds is 3. The molecular weight excluding hydrogens is 284 g/mol. The minimum absolute atomic E-state index is 0.623. The van der Waals surface area contributed by atoms with E-state index in [1.165, 1.54) is 60.8 Å². The number of likely N-dealkylation sites (tertiary alicyclic amines) is 1. The molecule has 2 aromatic rings. The van der Waals surface area contributed by atoms with Crippen LogP contribution in [0.2, 0.25) is 0 Å². The molecule has 1 fully saturated rings. The second-order valence-corrected chi connectivity index (χ2v) is 6.85. The Morgan fingerprint density at radius 3 is 2.61 bits per heavy atom. The Hall–Kier alpha value is -1.81. The van der Waals surface area contributed by atoms with Crippen molar-refractivity contribution in [2.24, 2.45) is 0 Å². The first kappa shape index (κ1) is 14.8. The standard InChI is InChI=1S/C19H26N4/c1-3-22-12-9-15(10-13-22)18-17-8-11-20-19(17)23(21-18)16-6-4-14(2)5-7-16/h4-7,15,20H,3,8-13H2,1-2H3. The Morgan fingerprint density at radius 1 is 1.17 bits per heavy atom. The van der Waals surface area contributed by atoms with Crippen molar-refractivity contribution < 1.29 is 0 Å². The van der Waals surface area contributed by atoms with Gasteiger partial charge in [-0.05, 0) is 58.0 Å². The third-order valence-electron chi connectivity index (χ3n) is 5.38. The molecule has 4 heteroatoms. The Kier molecular flexibility index (Phi) is 3.85. The van der Waals surface area contributed by atoms with Gasteiger partial charge in [-0.2, -0.15) is 5.10 Å². The van der Waals surface area contributed by atoms with Crippen LogP contribution in [0.15, 0.2) is 24.3 Å². The molecule has 4 nitrogen and oxygen atoms in total. The van der Waals surface area contributed by atoms with E-state index in [1.54, 1.807) is 0 Å². The van der Waals surface area contributed by atoms with Crippen molar-refractivity contribution in [1.82, 2.24) is 14.7 Å². The van der Waals surface area contributed by atoms with Gasteiger partial charge in [0, 0.05) is 18.0 Å². The lowest BCUT2D eigenvalue weighted by atomic mass is 9.91. The van der Waals surface area contributed by atoms with E-state index in [-0.39, 0.29) is 0 Å². The summed E-state index contributed by atoms with van der Waals surface area (Å²) in [6, 6.07) is 8.67. The number of hydrogen-bond acceptors (Lipinski definition) is 3. The summed E-state index contributed by atoms with van der Waals surface area (Å²) in [7, 11) is 0. The molecule has 4 rings (SSSR count). The van der Waals surface area contributed by atoms with Crippen molar-refractivity contribution in [3.8, 4) is 5.69 Å². The molecule has 0 spiro atoms. The fourth-order valence-electron chi connectivity index (χ4n) is 3.92. The van der Waals surface area contributed by atoms with E-state index in [4.69, 9.17) is 5.10 Å². The zero-order valence-corrected chi connectivity index (χ0v) is 14.2. The molecule has 1 N–H and O–H groups in total. The number of hydrogen-bond donors (Lipinski definition) is 1. The first-order valence-corrected chi connectivity index (χ1v) is 8.91. The van der Waals surface area contributed by atoms with E-state index in [0.717, 1.165) is 13.0 Å². The molecule has 0 atom stereocenters. The van der Waals surface area contributed by atoms with Gasteiger partial charge in [0.25, 0.3) is 0 Å². The van der Waals surface area contributed by atoms with Crippen LogP contribution in [0, 0.1) is 6.92 Å². The normalized spacial score (nSPS) is 18.9. The van der Waals surface area contributed by atoms with Crippen molar-refractivity contribution in [3.63, 3.8) is 0 Å². The van der Waals surface area contributed by atoms with Crippen molar-refractivity contribution in [1.29, 1.82) is 0 Å². The van der Waals surface area contributed by atoms with Gasteiger partial charge >= 0.3 is 0 Å². The summed E-state index contributed by atoms with van der Waals surface area (Å²) in [4.78, 5) is 2.55. The van der Waals surface area contributed by atoms with Crippen LogP contribution in [-0.2, 0) is 6.42 Å². The molecule has 122 valence electrons. The first-order chi connectivity index (χ1) is 11.3. The van der Waals surface area contributed by atoms with Crippen LogP contribution >= 0.6 is 0 Å². The number of nitrogens with zero attached hydrogens (tertiary/aromatic N) is 3. The highest BCUT2D eigenvalue weighted by molar-refractivity contribution is 5.57. The molecule has 1 aromatic heterocycles. The summed E-state index contributed by atoms with van der Waals surface area (Å²) in [6.45, 7) is 9.02. The highest BCUT2D eigenvalue weighted by Gasteiger charge is 2.29. The molecule has 23 heavy (non-hydrogen) atoms. The Bertz CT molecular complexity index is 678. The molecule has 2 aliphatic heterocycles. The summed E-state index contributed by atoms with van der Waals surface area (Å²) in [5.74, 6) is 1.85. The molecule has 0 amide bonds. The molecule has 0 radical (unpaired) electrons. The Balaban J connectivity index is 1.67. The van der Waals surface area contributed by atoms with Gasteiger partial charge in [-0.3, -0.25) is 0 Å². The number of aryl methyl sites for hydroxylation is 1. The Morgan fingerprint density at radius 2 is 1.91 bits per heavy atom. The van der Waals surface area contributed by atoms with Gasteiger partial charge in [-0.1, -0.05) is 24.6 Å². The zero-order valence-electron chi connectivity index (χ0n) is 14.2. The topological polar surface area (TPSA) is 33.1 Å². The van der Waals surface area contributed by atoms with Gasteiger partial charge < -0.3 is 10.2 Å². The van der Waals surface area contributed by atoms with Crippen molar-refractivity contribution in [3.05, 3.63) is 41.1 Å². The number of fused-ring (bicyclic) bond motifs is 1. The van der Waals surface area contributed by atoms with Crippen molar-refractivity contribution in [2.45, 2.75) is 39.0 Å². The maximum absolute atomic E-state index is 5.04. The molecular formula is C19H26N4. The van der Waals surface area contributed by atoms with Crippen LogP contribution in [0.3, 0.4) is 0 Å².